The molecule has 0 aromatic heterocycles. The number of fused-ring (bicyclic) bond motifs is 3. The molecule has 30 heavy (non-hydrogen) atoms. The van der Waals surface area contributed by atoms with Crippen LogP contribution in [0.4, 0.5) is 0 Å². The molecule has 0 radical (unpaired) electrons. The van der Waals surface area contributed by atoms with Gasteiger partial charge >= 0.3 is 5.97 Å². The van der Waals surface area contributed by atoms with E-state index in [1.807, 2.05) is 0 Å². The maximum atomic E-state index is 12.7. The predicted molar refractivity (Wildman–Crippen MR) is 102 cm³/mol. The lowest BCUT2D eigenvalue weighted by Gasteiger charge is -2.37. The quantitative estimate of drug-likeness (QED) is 0.603. The normalized spacial score (nSPS) is 25.9. The highest BCUT2D eigenvalue weighted by molar-refractivity contribution is 5.83. The molecule has 0 amide bonds. The Bertz CT molecular complexity index is 1050. The highest BCUT2D eigenvalue weighted by Gasteiger charge is 2.52. The lowest BCUT2D eigenvalue weighted by molar-refractivity contribution is -0.141. The number of aliphatic hydroxyl groups is 1. The molecule has 0 bridgehead atoms. The summed E-state index contributed by atoms with van der Waals surface area (Å²) in [6.07, 6.45) is -0.194. The fourth-order valence-electron chi connectivity index (χ4n) is 4.82. The van der Waals surface area contributed by atoms with E-state index in [9.17, 15) is 14.7 Å². The van der Waals surface area contributed by atoms with Crippen LogP contribution in [-0.2, 0) is 9.53 Å². The summed E-state index contributed by atoms with van der Waals surface area (Å²) >= 11 is 0. The minimum Gasteiger partial charge on any atom is -0.493 e. The first kappa shape index (κ1) is 18.7. The van der Waals surface area contributed by atoms with Crippen molar-refractivity contribution in [3.8, 4) is 23.0 Å². The van der Waals surface area contributed by atoms with Crippen molar-refractivity contribution >= 4 is 12.3 Å². The van der Waals surface area contributed by atoms with Gasteiger partial charge in [0.05, 0.1) is 38.4 Å². The average Bonchev–Trinajstić information content (AvgIpc) is 3.38. The van der Waals surface area contributed by atoms with Gasteiger partial charge in [0.15, 0.2) is 29.3 Å². The number of ether oxygens (including phenoxy) is 5. The van der Waals surface area contributed by atoms with E-state index in [1.54, 1.807) is 24.3 Å². The largest absolute Gasteiger partial charge is 0.493 e. The number of hydrogen-bond acceptors (Lipinski definition) is 8. The molecule has 0 spiro atoms. The molecule has 5 rings (SSSR count). The van der Waals surface area contributed by atoms with E-state index in [4.69, 9.17) is 23.7 Å². The van der Waals surface area contributed by atoms with Crippen LogP contribution in [-0.4, -0.2) is 45.0 Å². The SMILES string of the molecule is COc1cc([C@@H]2c3cc4c(cc3[C@H](O)[C@H]3COC(=O)[C@H]23)OCO4)cc(C=O)c1OC. The molecular weight excluding hydrogens is 392 g/mol. The van der Waals surface area contributed by atoms with Crippen LogP contribution < -0.4 is 18.9 Å². The minimum atomic E-state index is -0.882. The molecule has 0 unspecified atom stereocenters. The first-order chi connectivity index (χ1) is 14.6. The Hall–Kier alpha value is -3.26. The second-order valence-electron chi connectivity index (χ2n) is 7.54. The molecule has 4 atom stereocenters. The molecule has 8 nitrogen and oxygen atoms in total. The van der Waals surface area contributed by atoms with Crippen LogP contribution in [0.3, 0.4) is 0 Å². The zero-order valence-electron chi connectivity index (χ0n) is 16.4. The van der Waals surface area contributed by atoms with E-state index < -0.39 is 23.9 Å². The van der Waals surface area contributed by atoms with Gasteiger partial charge in [0.2, 0.25) is 6.79 Å². The van der Waals surface area contributed by atoms with Gasteiger partial charge in [-0.1, -0.05) is 0 Å². The zero-order chi connectivity index (χ0) is 21.0. The van der Waals surface area contributed by atoms with Crippen LogP contribution in [0.15, 0.2) is 24.3 Å². The fraction of sp³-hybridized carbons (Fsp3) is 0.364. The van der Waals surface area contributed by atoms with E-state index >= 15 is 0 Å². The fourth-order valence-corrected chi connectivity index (χ4v) is 4.82. The first-order valence-electron chi connectivity index (χ1n) is 9.56. The third-order valence-electron chi connectivity index (χ3n) is 6.16. The Morgan fingerprint density at radius 2 is 1.77 bits per heavy atom. The van der Waals surface area contributed by atoms with Crippen LogP contribution in [0.5, 0.6) is 23.0 Å². The second-order valence-corrected chi connectivity index (χ2v) is 7.54. The number of methoxy groups -OCH3 is 2. The lowest BCUT2D eigenvalue weighted by atomic mass is 9.66. The maximum Gasteiger partial charge on any atom is 0.310 e. The number of esters is 1. The van der Waals surface area contributed by atoms with Gasteiger partial charge in [-0.3, -0.25) is 9.59 Å². The molecule has 2 heterocycles. The van der Waals surface area contributed by atoms with Crippen molar-refractivity contribution in [1.29, 1.82) is 0 Å². The average molecular weight is 412 g/mol. The molecule has 8 heteroatoms. The molecule has 3 aliphatic rings. The van der Waals surface area contributed by atoms with Crippen molar-refractivity contribution in [3.63, 3.8) is 0 Å². The number of aliphatic hydroxyl groups excluding tert-OH is 1. The predicted octanol–water partition coefficient (Wildman–Crippen LogP) is 2.21. The Morgan fingerprint density at radius 1 is 1.03 bits per heavy atom. The summed E-state index contributed by atoms with van der Waals surface area (Å²) < 4.78 is 27.1. The van der Waals surface area contributed by atoms with Crippen LogP contribution in [0.25, 0.3) is 0 Å². The Balaban J connectivity index is 1.75. The third-order valence-corrected chi connectivity index (χ3v) is 6.16. The monoisotopic (exact) mass is 412 g/mol. The Kier molecular flexibility index (Phi) is 4.32. The van der Waals surface area contributed by atoms with Crippen molar-refractivity contribution in [2.45, 2.75) is 12.0 Å². The van der Waals surface area contributed by atoms with E-state index in [1.165, 1.54) is 14.2 Å². The first-order valence-corrected chi connectivity index (χ1v) is 9.56. The van der Waals surface area contributed by atoms with Gasteiger partial charge in [0.25, 0.3) is 0 Å². The van der Waals surface area contributed by atoms with Crippen molar-refractivity contribution in [1.82, 2.24) is 0 Å². The van der Waals surface area contributed by atoms with Gasteiger partial charge in [-0.25, -0.2) is 0 Å². The molecule has 156 valence electrons. The minimum absolute atomic E-state index is 0.0968. The highest BCUT2D eigenvalue weighted by Crippen LogP contribution is 2.54. The van der Waals surface area contributed by atoms with Crippen molar-refractivity contribution in [3.05, 3.63) is 46.5 Å². The van der Waals surface area contributed by atoms with Crippen molar-refractivity contribution in [2.75, 3.05) is 27.6 Å². The molecule has 2 aromatic carbocycles. The number of cyclic esters (lactones) is 1. The standard InChI is InChI=1S/C22H20O8/c1-26-17-4-10(3-11(7-23)21(17)27-2)18-12-5-15-16(30-9-29-15)6-13(12)20(24)14-8-28-22(25)19(14)18/h3-7,14,18-20,24H,8-9H2,1-2H3/t14-,18+,19-,20-/m0/s1. The smallest absolute Gasteiger partial charge is 0.310 e. The molecule has 2 aliphatic heterocycles. The molecular formula is C22H20O8. The molecule has 0 saturated carbocycles. The summed E-state index contributed by atoms with van der Waals surface area (Å²) in [5, 5.41) is 11.0. The van der Waals surface area contributed by atoms with Gasteiger partial charge < -0.3 is 28.8 Å². The van der Waals surface area contributed by atoms with E-state index in [-0.39, 0.29) is 19.4 Å². The number of hydrogen-bond donors (Lipinski definition) is 1. The Labute approximate surface area is 172 Å². The number of benzene rings is 2. The molecule has 1 fully saturated rings. The van der Waals surface area contributed by atoms with E-state index in [0.29, 0.717) is 46.0 Å². The molecule has 1 N–H and O–H groups in total. The highest BCUT2D eigenvalue weighted by atomic mass is 16.7. The maximum absolute atomic E-state index is 12.7. The van der Waals surface area contributed by atoms with Crippen molar-refractivity contribution < 1.29 is 38.4 Å². The number of rotatable bonds is 4. The van der Waals surface area contributed by atoms with E-state index in [0.717, 1.165) is 5.56 Å². The molecule has 2 aromatic rings. The van der Waals surface area contributed by atoms with Crippen LogP contribution in [0, 0.1) is 11.8 Å². The van der Waals surface area contributed by atoms with Gasteiger partial charge in [-0.05, 0) is 41.0 Å². The van der Waals surface area contributed by atoms with Crippen LogP contribution in [0.1, 0.15) is 39.1 Å². The van der Waals surface area contributed by atoms with Gasteiger partial charge in [0, 0.05) is 11.8 Å². The Morgan fingerprint density at radius 3 is 2.43 bits per heavy atom. The molecule has 1 saturated heterocycles. The topological polar surface area (TPSA) is 101 Å². The summed E-state index contributed by atoms with van der Waals surface area (Å²) in [5.41, 5.74) is 2.39. The van der Waals surface area contributed by atoms with Gasteiger partial charge in [-0.15, -0.1) is 0 Å². The van der Waals surface area contributed by atoms with Gasteiger partial charge in [0.1, 0.15) is 0 Å². The summed E-state index contributed by atoms with van der Waals surface area (Å²) in [5.74, 6) is -0.0557. The summed E-state index contributed by atoms with van der Waals surface area (Å²) in [6.45, 7) is 0.225. The summed E-state index contributed by atoms with van der Waals surface area (Å²) in [7, 11) is 2.95. The number of carbonyl (C=O) groups is 2. The third kappa shape index (κ3) is 2.56. The second kappa shape index (κ2) is 6.91. The summed E-state index contributed by atoms with van der Waals surface area (Å²) in [4.78, 5) is 24.4. The molecule has 1 aliphatic carbocycles. The van der Waals surface area contributed by atoms with Crippen LogP contribution in [0.2, 0.25) is 0 Å². The van der Waals surface area contributed by atoms with Gasteiger partial charge in [-0.2, -0.15) is 0 Å². The zero-order valence-corrected chi connectivity index (χ0v) is 16.4. The van der Waals surface area contributed by atoms with Crippen molar-refractivity contribution in [2.24, 2.45) is 11.8 Å². The number of carbonyl (C=O) groups excluding carboxylic acids is 2. The lowest BCUT2D eigenvalue weighted by Crippen LogP contribution is -2.34. The van der Waals surface area contributed by atoms with E-state index in [2.05, 4.69) is 0 Å². The number of aldehydes is 1. The summed E-state index contributed by atoms with van der Waals surface area (Å²) in [6, 6.07) is 7.00. The van der Waals surface area contributed by atoms with Crippen LogP contribution >= 0.6 is 0 Å².